The minimum atomic E-state index is -0.557. The van der Waals surface area contributed by atoms with Crippen LogP contribution in [-0.4, -0.2) is 32.7 Å². The van der Waals surface area contributed by atoms with Crippen LogP contribution in [0.3, 0.4) is 0 Å². The molecule has 0 saturated carbocycles. The third-order valence-electron chi connectivity index (χ3n) is 2.30. The molecule has 0 aliphatic carbocycles. The molecule has 2 N–H and O–H groups in total. The van der Waals surface area contributed by atoms with Crippen molar-refractivity contribution in [1.82, 2.24) is 0 Å². The Morgan fingerprint density at radius 1 is 1.47 bits per heavy atom. The van der Waals surface area contributed by atoms with Crippen LogP contribution in [0.4, 0.5) is 4.39 Å². The molecule has 4 nitrogen and oxygen atoms in total. The molecule has 1 aromatic carbocycles. The Kier molecular flexibility index (Phi) is 5.06. The number of rotatable bonds is 6. The van der Waals surface area contributed by atoms with Crippen LogP contribution in [-0.2, 0) is 4.74 Å². The van der Waals surface area contributed by atoms with Crippen molar-refractivity contribution in [3.63, 3.8) is 0 Å². The van der Waals surface area contributed by atoms with Gasteiger partial charge in [-0.25, -0.2) is 4.39 Å². The van der Waals surface area contributed by atoms with Crippen LogP contribution in [0.2, 0.25) is 0 Å². The van der Waals surface area contributed by atoms with Crippen molar-refractivity contribution < 1.29 is 18.7 Å². The van der Waals surface area contributed by atoms with Gasteiger partial charge in [-0.3, -0.25) is 4.79 Å². The van der Waals surface area contributed by atoms with Crippen molar-refractivity contribution in [2.24, 2.45) is 5.73 Å². The van der Waals surface area contributed by atoms with Crippen LogP contribution >= 0.6 is 0 Å². The highest BCUT2D eigenvalue weighted by atomic mass is 19.1. The molecule has 0 spiro atoms. The zero-order chi connectivity index (χ0) is 12.8. The van der Waals surface area contributed by atoms with E-state index in [1.807, 2.05) is 0 Å². The predicted molar refractivity (Wildman–Crippen MR) is 61.8 cm³/mol. The van der Waals surface area contributed by atoms with Gasteiger partial charge in [0.1, 0.15) is 0 Å². The smallest absolute Gasteiger partial charge is 0.165 e. The van der Waals surface area contributed by atoms with Gasteiger partial charge in [0.15, 0.2) is 17.3 Å². The predicted octanol–water partition coefficient (Wildman–Crippen LogP) is 1.38. The maximum Gasteiger partial charge on any atom is 0.165 e. The number of carbonyl (C=O) groups is 1. The van der Waals surface area contributed by atoms with Crippen molar-refractivity contribution in [3.05, 3.63) is 29.6 Å². The van der Waals surface area contributed by atoms with Gasteiger partial charge >= 0.3 is 0 Å². The number of ether oxygens (including phenoxy) is 2. The average Bonchev–Trinajstić information content (AvgIpc) is 2.29. The van der Waals surface area contributed by atoms with E-state index >= 15 is 0 Å². The van der Waals surface area contributed by atoms with Gasteiger partial charge in [0.2, 0.25) is 0 Å². The molecule has 0 heterocycles. The third kappa shape index (κ3) is 3.80. The van der Waals surface area contributed by atoms with Crippen molar-refractivity contribution in [2.75, 3.05) is 20.8 Å². The molecule has 0 amide bonds. The SMILES string of the molecule is COCC(N)CC(=O)c1ccc(OC)c(F)c1. The molecule has 0 saturated heterocycles. The molecule has 0 radical (unpaired) electrons. The quantitative estimate of drug-likeness (QED) is 0.764. The Morgan fingerprint density at radius 3 is 2.71 bits per heavy atom. The second-order valence-corrected chi connectivity index (χ2v) is 3.69. The summed E-state index contributed by atoms with van der Waals surface area (Å²) in [5.74, 6) is -0.655. The van der Waals surface area contributed by atoms with Gasteiger partial charge in [0.05, 0.1) is 13.7 Å². The monoisotopic (exact) mass is 241 g/mol. The number of hydrogen-bond acceptors (Lipinski definition) is 4. The molecule has 0 aliphatic rings. The maximum absolute atomic E-state index is 13.4. The van der Waals surface area contributed by atoms with Crippen molar-refractivity contribution >= 4 is 5.78 Å². The fourth-order valence-electron chi connectivity index (χ4n) is 1.47. The summed E-state index contributed by atoms with van der Waals surface area (Å²) in [6.07, 6.45) is 0.125. The van der Waals surface area contributed by atoms with E-state index in [0.29, 0.717) is 6.61 Å². The molecule has 17 heavy (non-hydrogen) atoms. The number of ketones is 1. The van der Waals surface area contributed by atoms with E-state index in [2.05, 4.69) is 0 Å². The summed E-state index contributed by atoms with van der Waals surface area (Å²) in [7, 11) is 2.88. The standard InChI is InChI=1S/C12H16FNO3/c1-16-7-9(14)6-11(15)8-3-4-12(17-2)10(13)5-8/h3-5,9H,6-7,14H2,1-2H3. The topological polar surface area (TPSA) is 61.5 Å². The molecule has 1 atom stereocenters. The number of benzene rings is 1. The van der Waals surface area contributed by atoms with Crippen molar-refractivity contribution in [3.8, 4) is 5.75 Å². The van der Waals surface area contributed by atoms with Crippen molar-refractivity contribution in [1.29, 1.82) is 0 Å². The van der Waals surface area contributed by atoms with Gasteiger partial charge in [-0.2, -0.15) is 0 Å². The molecular weight excluding hydrogens is 225 g/mol. The van der Waals surface area contributed by atoms with Crippen LogP contribution in [0, 0.1) is 5.82 Å². The molecule has 94 valence electrons. The van der Waals surface area contributed by atoms with Crippen LogP contribution in [0.25, 0.3) is 0 Å². The second kappa shape index (κ2) is 6.32. The van der Waals surface area contributed by atoms with Crippen LogP contribution < -0.4 is 10.5 Å². The molecular formula is C12H16FNO3. The second-order valence-electron chi connectivity index (χ2n) is 3.69. The molecule has 0 bridgehead atoms. The van der Waals surface area contributed by atoms with E-state index in [0.717, 1.165) is 6.07 Å². The van der Waals surface area contributed by atoms with E-state index < -0.39 is 5.82 Å². The largest absolute Gasteiger partial charge is 0.494 e. The zero-order valence-electron chi connectivity index (χ0n) is 9.90. The fourth-order valence-corrected chi connectivity index (χ4v) is 1.47. The van der Waals surface area contributed by atoms with Crippen LogP contribution in [0.15, 0.2) is 18.2 Å². The van der Waals surface area contributed by atoms with E-state index in [9.17, 15) is 9.18 Å². The lowest BCUT2D eigenvalue weighted by Gasteiger charge is -2.09. The molecule has 1 rings (SSSR count). The minimum Gasteiger partial charge on any atom is -0.494 e. The number of hydrogen-bond donors (Lipinski definition) is 1. The lowest BCUT2D eigenvalue weighted by molar-refractivity contribution is 0.0949. The molecule has 1 aromatic rings. The summed E-state index contributed by atoms with van der Waals surface area (Å²) in [6, 6.07) is 3.71. The van der Waals surface area contributed by atoms with Gasteiger partial charge in [0.25, 0.3) is 0 Å². The first-order valence-electron chi connectivity index (χ1n) is 5.19. The average molecular weight is 241 g/mol. The fraction of sp³-hybridized carbons (Fsp3) is 0.417. The van der Waals surface area contributed by atoms with E-state index in [1.165, 1.54) is 26.4 Å². The van der Waals surface area contributed by atoms with Gasteiger partial charge in [-0.1, -0.05) is 0 Å². The van der Waals surface area contributed by atoms with Crippen LogP contribution in [0.5, 0.6) is 5.75 Å². The van der Waals surface area contributed by atoms with Crippen LogP contribution in [0.1, 0.15) is 16.8 Å². The molecule has 5 heteroatoms. The highest BCUT2D eigenvalue weighted by molar-refractivity contribution is 5.96. The summed E-state index contributed by atoms with van der Waals surface area (Å²) in [6.45, 7) is 0.296. The maximum atomic E-state index is 13.4. The number of Topliss-reactive ketones (excluding diaryl/α,β-unsaturated/α-hetero) is 1. The number of nitrogens with two attached hydrogens (primary N) is 1. The Labute approximate surface area is 99.5 Å². The van der Waals surface area contributed by atoms with Gasteiger partial charge in [0, 0.05) is 25.1 Å². The van der Waals surface area contributed by atoms with E-state index in [1.54, 1.807) is 0 Å². The Hall–Kier alpha value is -1.46. The first-order chi connectivity index (χ1) is 8.08. The summed E-state index contributed by atoms with van der Waals surface area (Å²) in [5, 5.41) is 0. The lowest BCUT2D eigenvalue weighted by atomic mass is 10.0. The Bertz CT molecular complexity index is 395. The Balaban J connectivity index is 2.72. The highest BCUT2D eigenvalue weighted by Crippen LogP contribution is 2.18. The Morgan fingerprint density at radius 2 is 2.18 bits per heavy atom. The van der Waals surface area contributed by atoms with Gasteiger partial charge in [-0.15, -0.1) is 0 Å². The zero-order valence-corrected chi connectivity index (χ0v) is 9.90. The normalized spacial score (nSPS) is 12.2. The van der Waals surface area contributed by atoms with E-state index in [4.69, 9.17) is 15.2 Å². The molecule has 1 unspecified atom stereocenters. The van der Waals surface area contributed by atoms with Gasteiger partial charge < -0.3 is 15.2 Å². The summed E-state index contributed by atoms with van der Waals surface area (Å²) < 4.78 is 23.0. The highest BCUT2D eigenvalue weighted by Gasteiger charge is 2.13. The molecule has 0 aliphatic heterocycles. The third-order valence-corrected chi connectivity index (χ3v) is 2.30. The number of halogens is 1. The summed E-state index contributed by atoms with van der Waals surface area (Å²) >= 11 is 0. The number of carbonyl (C=O) groups excluding carboxylic acids is 1. The first-order valence-corrected chi connectivity index (χ1v) is 5.19. The molecule has 0 aromatic heterocycles. The molecule has 0 fully saturated rings. The first kappa shape index (κ1) is 13.6. The number of methoxy groups -OCH3 is 2. The van der Waals surface area contributed by atoms with Crippen molar-refractivity contribution in [2.45, 2.75) is 12.5 Å². The minimum absolute atomic E-state index is 0.114. The lowest BCUT2D eigenvalue weighted by Crippen LogP contribution is -2.28. The summed E-state index contributed by atoms with van der Waals surface area (Å²) in [5.41, 5.74) is 5.94. The van der Waals surface area contributed by atoms with Gasteiger partial charge in [-0.05, 0) is 18.2 Å². The van der Waals surface area contributed by atoms with E-state index in [-0.39, 0.29) is 29.6 Å². The summed E-state index contributed by atoms with van der Waals surface area (Å²) in [4.78, 5) is 11.7.